The minimum absolute atomic E-state index is 0.0138. The first kappa shape index (κ1) is 16.9. The van der Waals surface area contributed by atoms with E-state index >= 15 is 0 Å². The van der Waals surface area contributed by atoms with Gasteiger partial charge in [-0.25, -0.2) is 0 Å². The van der Waals surface area contributed by atoms with Gasteiger partial charge in [0.1, 0.15) is 16.9 Å². The second-order valence-corrected chi connectivity index (χ2v) is 9.68. The highest BCUT2D eigenvalue weighted by atomic mass is 16.3. The fourth-order valence-corrected chi connectivity index (χ4v) is 5.90. The van der Waals surface area contributed by atoms with E-state index in [-0.39, 0.29) is 22.4 Å². The molecular weight excluding hydrogens is 330 g/mol. The van der Waals surface area contributed by atoms with Gasteiger partial charge in [0.25, 0.3) is 0 Å². The zero-order valence-electron chi connectivity index (χ0n) is 17.5. The Morgan fingerprint density at radius 3 is 2.37 bits per heavy atom. The van der Waals surface area contributed by atoms with Crippen molar-refractivity contribution in [2.24, 2.45) is 5.41 Å². The highest BCUT2D eigenvalue weighted by Gasteiger charge is 2.65. The van der Waals surface area contributed by atoms with Crippen LogP contribution in [-0.2, 0) is 11.0 Å². The van der Waals surface area contributed by atoms with Crippen LogP contribution in [0.15, 0.2) is 46.9 Å². The molecule has 0 spiro atoms. The predicted molar refractivity (Wildman–Crippen MR) is 112 cm³/mol. The average Bonchev–Trinajstić information content (AvgIpc) is 3.10. The van der Waals surface area contributed by atoms with E-state index in [9.17, 15) is 0 Å². The number of nitrogens with zero attached hydrogens (tertiary/aromatic N) is 1. The van der Waals surface area contributed by atoms with E-state index in [0.29, 0.717) is 0 Å². The van der Waals surface area contributed by atoms with Gasteiger partial charge in [0.2, 0.25) is 0 Å². The first-order chi connectivity index (χ1) is 12.6. The molecule has 2 atom stereocenters. The number of benzene rings is 2. The van der Waals surface area contributed by atoms with Crippen LogP contribution < -0.4 is 4.90 Å². The summed E-state index contributed by atoms with van der Waals surface area (Å²) in [6, 6.07) is 15.6. The number of rotatable bonds is 0. The number of hydrogen-bond acceptors (Lipinski definition) is 2. The van der Waals surface area contributed by atoms with Gasteiger partial charge in [-0.15, -0.1) is 0 Å². The topological polar surface area (TPSA) is 16.4 Å². The molecule has 0 radical (unpaired) electrons. The number of furan rings is 1. The summed E-state index contributed by atoms with van der Waals surface area (Å²) in [6.45, 7) is 16.6. The maximum Gasteiger partial charge on any atom is 0.136 e. The summed E-state index contributed by atoms with van der Waals surface area (Å²) < 4.78 is 6.60. The molecule has 1 aromatic heterocycles. The highest BCUT2D eigenvalue weighted by molar-refractivity contribution is 5.87. The summed E-state index contributed by atoms with van der Waals surface area (Å²) in [6.07, 6.45) is 0. The molecule has 2 aliphatic rings. The predicted octanol–water partition coefficient (Wildman–Crippen LogP) is 6.86. The zero-order chi connectivity index (χ0) is 19.4. The molecular formula is C25H29NO. The van der Waals surface area contributed by atoms with E-state index < -0.39 is 0 Å². The van der Waals surface area contributed by atoms with Gasteiger partial charge in [-0.05, 0) is 43.4 Å². The molecule has 0 bridgehead atoms. The standard InChI is InChI=1S/C25H29NO/c1-15-11-10-13-18-21(15)26-16(2)20-17-12-8-9-14-19(17)27-22(20)25(26,7)24(5,6)23(18,3)4/h8-14,16H,1-7H3/t16-,25?/m0/s1. The molecule has 140 valence electrons. The van der Waals surface area contributed by atoms with E-state index in [1.165, 1.54) is 27.8 Å². The van der Waals surface area contributed by atoms with E-state index in [1.54, 1.807) is 0 Å². The minimum atomic E-state index is -0.205. The number of para-hydroxylation sites is 2. The lowest BCUT2D eigenvalue weighted by Crippen LogP contribution is -2.62. The Labute approximate surface area is 162 Å². The van der Waals surface area contributed by atoms with E-state index in [4.69, 9.17) is 4.42 Å². The van der Waals surface area contributed by atoms with Crippen molar-refractivity contribution in [1.29, 1.82) is 0 Å². The molecule has 3 heterocycles. The second-order valence-electron chi connectivity index (χ2n) is 9.68. The van der Waals surface area contributed by atoms with Crippen LogP contribution in [0, 0.1) is 12.3 Å². The van der Waals surface area contributed by atoms with Crippen molar-refractivity contribution in [3.8, 4) is 0 Å². The molecule has 0 fully saturated rings. The van der Waals surface area contributed by atoms with Crippen molar-refractivity contribution in [3.05, 3.63) is 64.9 Å². The summed E-state index contributed by atoms with van der Waals surface area (Å²) in [5.41, 5.74) is 6.37. The molecule has 27 heavy (non-hydrogen) atoms. The second kappa shape index (κ2) is 4.79. The quantitative estimate of drug-likeness (QED) is 0.436. The summed E-state index contributed by atoms with van der Waals surface area (Å²) >= 11 is 0. The summed E-state index contributed by atoms with van der Waals surface area (Å²) in [7, 11) is 0. The molecule has 0 saturated carbocycles. The first-order valence-electron chi connectivity index (χ1n) is 10.1. The maximum atomic E-state index is 6.60. The number of fused-ring (bicyclic) bond motifs is 7. The summed E-state index contributed by atoms with van der Waals surface area (Å²) in [5.74, 6) is 1.16. The Bertz CT molecular complexity index is 1090. The minimum Gasteiger partial charge on any atom is -0.458 e. The summed E-state index contributed by atoms with van der Waals surface area (Å²) in [5, 5.41) is 1.26. The lowest BCUT2D eigenvalue weighted by molar-refractivity contribution is 0.0521. The maximum absolute atomic E-state index is 6.60. The van der Waals surface area contributed by atoms with Gasteiger partial charge in [0, 0.05) is 22.1 Å². The molecule has 0 amide bonds. The Balaban J connectivity index is 1.94. The first-order valence-corrected chi connectivity index (χ1v) is 10.1. The van der Waals surface area contributed by atoms with Gasteiger partial charge in [0.05, 0.1) is 6.04 Å². The molecule has 2 heteroatoms. The van der Waals surface area contributed by atoms with Crippen molar-refractivity contribution in [3.63, 3.8) is 0 Å². The number of anilines is 1. The van der Waals surface area contributed by atoms with Crippen molar-refractivity contribution < 1.29 is 4.42 Å². The van der Waals surface area contributed by atoms with E-state index in [0.717, 1.165) is 11.3 Å². The van der Waals surface area contributed by atoms with Crippen molar-refractivity contribution in [1.82, 2.24) is 0 Å². The molecule has 1 unspecified atom stereocenters. The normalized spacial score (nSPS) is 27.4. The van der Waals surface area contributed by atoms with Gasteiger partial charge in [0.15, 0.2) is 0 Å². The molecule has 0 N–H and O–H groups in total. The van der Waals surface area contributed by atoms with Gasteiger partial charge >= 0.3 is 0 Å². The molecule has 0 aliphatic carbocycles. The Kier molecular flexibility index (Phi) is 3.00. The van der Waals surface area contributed by atoms with Crippen LogP contribution in [0.2, 0.25) is 0 Å². The zero-order valence-corrected chi connectivity index (χ0v) is 17.5. The lowest BCUT2D eigenvalue weighted by atomic mass is 9.52. The Morgan fingerprint density at radius 2 is 1.63 bits per heavy atom. The van der Waals surface area contributed by atoms with E-state index in [2.05, 4.69) is 95.8 Å². The Hall–Kier alpha value is -2.22. The summed E-state index contributed by atoms with van der Waals surface area (Å²) in [4.78, 5) is 2.66. The van der Waals surface area contributed by atoms with Crippen molar-refractivity contribution in [2.45, 2.75) is 65.5 Å². The lowest BCUT2D eigenvalue weighted by Gasteiger charge is -2.61. The van der Waals surface area contributed by atoms with Crippen molar-refractivity contribution >= 4 is 16.7 Å². The Morgan fingerprint density at radius 1 is 0.926 bits per heavy atom. The van der Waals surface area contributed by atoms with Gasteiger partial charge in [-0.2, -0.15) is 0 Å². The molecule has 5 rings (SSSR count). The van der Waals surface area contributed by atoms with Crippen LogP contribution >= 0.6 is 0 Å². The van der Waals surface area contributed by atoms with Crippen molar-refractivity contribution in [2.75, 3.05) is 4.90 Å². The van der Waals surface area contributed by atoms with Crippen LogP contribution in [0.3, 0.4) is 0 Å². The third kappa shape index (κ3) is 1.65. The molecule has 2 aromatic carbocycles. The van der Waals surface area contributed by atoms with Crippen LogP contribution in [0.25, 0.3) is 11.0 Å². The fraction of sp³-hybridized carbons (Fsp3) is 0.440. The third-order valence-corrected chi connectivity index (χ3v) is 8.29. The van der Waals surface area contributed by atoms with Crippen LogP contribution in [0.5, 0.6) is 0 Å². The fourth-order valence-electron chi connectivity index (χ4n) is 5.90. The average molecular weight is 360 g/mol. The van der Waals surface area contributed by atoms with Crippen LogP contribution in [0.4, 0.5) is 5.69 Å². The highest BCUT2D eigenvalue weighted by Crippen LogP contribution is 2.68. The largest absolute Gasteiger partial charge is 0.458 e. The smallest absolute Gasteiger partial charge is 0.136 e. The van der Waals surface area contributed by atoms with Gasteiger partial charge in [-0.3, -0.25) is 0 Å². The monoisotopic (exact) mass is 359 g/mol. The molecule has 0 saturated heterocycles. The molecule has 3 aromatic rings. The molecule has 2 aliphatic heterocycles. The number of aryl methyl sites for hydroxylation is 1. The van der Waals surface area contributed by atoms with Gasteiger partial charge < -0.3 is 9.32 Å². The third-order valence-electron chi connectivity index (χ3n) is 8.29. The van der Waals surface area contributed by atoms with Crippen LogP contribution in [-0.4, -0.2) is 0 Å². The molecule has 2 nitrogen and oxygen atoms in total. The SMILES string of the molecule is Cc1cccc2c1N1[C@@H](C)c3c(oc4ccccc34)C1(C)C(C)(C)C2(C)C. The van der Waals surface area contributed by atoms with Crippen LogP contribution in [0.1, 0.15) is 70.0 Å². The number of hydrogen-bond donors (Lipinski definition) is 0. The van der Waals surface area contributed by atoms with E-state index in [1.807, 2.05) is 0 Å². The van der Waals surface area contributed by atoms with Gasteiger partial charge in [-0.1, -0.05) is 64.1 Å².